The minimum Gasteiger partial charge on any atom is -0.461 e. The molecule has 4 rings (SSSR count). The van der Waals surface area contributed by atoms with Gasteiger partial charge in [0.05, 0.1) is 0 Å². The predicted octanol–water partition coefficient (Wildman–Crippen LogP) is 5.13. The summed E-state index contributed by atoms with van der Waals surface area (Å²) in [4.78, 5) is 24.7. The second kappa shape index (κ2) is 7.90. The molecule has 9 atom stereocenters. The van der Waals surface area contributed by atoms with Crippen LogP contribution in [0.4, 0.5) is 0 Å². The predicted molar refractivity (Wildman–Crippen MR) is 119 cm³/mol. The van der Waals surface area contributed by atoms with Gasteiger partial charge in [-0.05, 0) is 105 Å². The molecular formula is C26H43NO3. The van der Waals surface area contributed by atoms with Gasteiger partial charge >= 0.3 is 5.97 Å². The zero-order valence-electron chi connectivity index (χ0n) is 19.8. The number of Topliss-reactive ketones (excluding diaryl/α,β-unsaturated/α-hetero) is 1. The Balaban J connectivity index is 1.45. The number of hydrogen-bond acceptors (Lipinski definition) is 4. The number of nitrogens with two attached hydrogens (primary N) is 1. The molecule has 0 spiro atoms. The summed E-state index contributed by atoms with van der Waals surface area (Å²) in [6.45, 7) is 10.7. The summed E-state index contributed by atoms with van der Waals surface area (Å²) < 4.78 is 5.87. The van der Waals surface area contributed by atoms with Gasteiger partial charge in [-0.15, -0.1) is 0 Å². The van der Waals surface area contributed by atoms with Crippen LogP contribution in [-0.4, -0.2) is 23.9 Å². The summed E-state index contributed by atoms with van der Waals surface area (Å²) in [5.41, 5.74) is 6.61. The highest BCUT2D eigenvalue weighted by Gasteiger charge is 2.60. The van der Waals surface area contributed by atoms with E-state index in [0.717, 1.165) is 43.4 Å². The molecule has 0 bridgehead atoms. The summed E-state index contributed by atoms with van der Waals surface area (Å²) in [7, 11) is 0. The second-order valence-electron chi connectivity index (χ2n) is 12.0. The van der Waals surface area contributed by atoms with Gasteiger partial charge < -0.3 is 10.5 Å². The third-order valence-corrected chi connectivity index (χ3v) is 10.4. The summed E-state index contributed by atoms with van der Waals surface area (Å²) in [5.74, 6) is 3.52. The van der Waals surface area contributed by atoms with Crippen molar-refractivity contribution in [1.82, 2.24) is 0 Å². The number of ether oxygens (including phenoxy) is 1. The minimum absolute atomic E-state index is 0.0411. The SMILES string of the molecule is CC(=O)[C@H]1CCC2C3CC[C@H]4C[C@@H](OC(=O)[C@@H](N)C(C)C)CC[C@]4(C)C3CC[C@@]21C. The van der Waals surface area contributed by atoms with Crippen molar-refractivity contribution >= 4 is 11.8 Å². The molecule has 0 aromatic rings. The first-order valence-electron chi connectivity index (χ1n) is 12.5. The standard InChI is InChI=1S/C26H43NO3/c1-15(2)23(27)24(29)30-18-10-12-25(4)17(14-18)6-7-19-21-9-8-20(16(3)28)26(21,5)13-11-22(19)25/h15,17-23H,6-14,27H2,1-5H3/t17-,18-,19?,20+,21?,22?,23-,25-,26+/m0/s1. The lowest BCUT2D eigenvalue weighted by Gasteiger charge is -2.61. The van der Waals surface area contributed by atoms with E-state index in [1.54, 1.807) is 0 Å². The van der Waals surface area contributed by atoms with Crippen molar-refractivity contribution in [3.05, 3.63) is 0 Å². The third kappa shape index (κ3) is 3.45. The first kappa shape index (κ1) is 22.3. The van der Waals surface area contributed by atoms with Crippen molar-refractivity contribution in [2.75, 3.05) is 0 Å². The van der Waals surface area contributed by atoms with Gasteiger partial charge in [-0.1, -0.05) is 27.7 Å². The largest absolute Gasteiger partial charge is 0.461 e. The van der Waals surface area contributed by atoms with Crippen LogP contribution in [0.15, 0.2) is 0 Å². The molecule has 0 aromatic carbocycles. The highest BCUT2D eigenvalue weighted by Crippen LogP contribution is 2.67. The summed E-state index contributed by atoms with van der Waals surface area (Å²) in [5, 5.41) is 0. The zero-order valence-corrected chi connectivity index (χ0v) is 19.8. The third-order valence-electron chi connectivity index (χ3n) is 10.4. The first-order valence-corrected chi connectivity index (χ1v) is 12.5. The molecule has 3 unspecified atom stereocenters. The van der Waals surface area contributed by atoms with Crippen LogP contribution in [0, 0.1) is 46.3 Å². The van der Waals surface area contributed by atoms with E-state index in [1.165, 1.54) is 32.1 Å². The molecule has 0 amide bonds. The van der Waals surface area contributed by atoms with Gasteiger partial charge in [0, 0.05) is 5.92 Å². The number of ketones is 1. The van der Waals surface area contributed by atoms with E-state index in [4.69, 9.17) is 10.5 Å². The van der Waals surface area contributed by atoms with E-state index < -0.39 is 6.04 Å². The van der Waals surface area contributed by atoms with E-state index in [1.807, 2.05) is 20.8 Å². The molecule has 4 aliphatic rings. The van der Waals surface area contributed by atoms with Crippen molar-refractivity contribution < 1.29 is 14.3 Å². The van der Waals surface area contributed by atoms with Gasteiger partial charge in [-0.3, -0.25) is 9.59 Å². The Morgan fingerprint density at radius 2 is 1.60 bits per heavy atom. The van der Waals surface area contributed by atoms with Crippen molar-refractivity contribution in [2.45, 2.75) is 105 Å². The van der Waals surface area contributed by atoms with E-state index >= 15 is 0 Å². The Bertz CT molecular complexity index is 690. The lowest BCUT2D eigenvalue weighted by Crippen LogP contribution is -2.54. The summed E-state index contributed by atoms with van der Waals surface area (Å²) >= 11 is 0. The van der Waals surface area contributed by atoms with E-state index in [0.29, 0.717) is 17.1 Å². The van der Waals surface area contributed by atoms with Crippen LogP contribution in [0.1, 0.15) is 92.4 Å². The number of esters is 1. The maximum absolute atomic E-state index is 12.4. The van der Waals surface area contributed by atoms with Crippen LogP contribution >= 0.6 is 0 Å². The maximum atomic E-state index is 12.4. The molecule has 0 saturated heterocycles. The molecule has 0 heterocycles. The Morgan fingerprint density at radius 3 is 2.27 bits per heavy atom. The lowest BCUT2D eigenvalue weighted by atomic mass is 9.44. The van der Waals surface area contributed by atoms with E-state index in [-0.39, 0.29) is 29.3 Å². The number of fused-ring (bicyclic) bond motifs is 5. The highest BCUT2D eigenvalue weighted by atomic mass is 16.5. The van der Waals surface area contributed by atoms with Crippen LogP contribution in [0.2, 0.25) is 0 Å². The van der Waals surface area contributed by atoms with Crippen LogP contribution in [0.3, 0.4) is 0 Å². The zero-order chi connectivity index (χ0) is 21.8. The van der Waals surface area contributed by atoms with Gasteiger partial charge in [0.25, 0.3) is 0 Å². The Kier molecular flexibility index (Phi) is 5.87. The fourth-order valence-electron chi connectivity index (χ4n) is 8.51. The van der Waals surface area contributed by atoms with Crippen molar-refractivity contribution in [3.63, 3.8) is 0 Å². The number of hydrogen-bond donors (Lipinski definition) is 1. The normalized spacial score (nSPS) is 46.5. The van der Waals surface area contributed by atoms with Gasteiger partial charge in [0.2, 0.25) is 0 Å². The molecule has 4 heteroatoms. The average molecular weight is 418 g/mol. The van der Waals surface area contributed by atoms with Gasteiger partial charge in [-0.25, -0.2) is 0 Å². The fourth-order valence-corrected chi connectivity index (χ4v) is 8.51. The lowest BCUT2D eigenvalue weighted by molar-refractivity contribution is -0.165. The molecule has 0 aromatic heterocycles. The molecule has 0 radical (unpaired) electrons. The summed E-state index contributed by atoms with van der Waals surface area (Å²) in [6.07, 6.45) is 10.6. The molecule has 4 fully saturated rings. The molecule has 2 N–H and O–H groups in total. The molecule has 170 valence electrons. The van der Waals surface area contributed by atoms with Gasteiger partial charge in [0.1, 0.15) is 17.9 Å². The van der Waals surface area contributed by atoms with Gasteiger partial charge in [0.15, 0.2) is 0 Å². The Labute approximate surface area is 183 Å². The fraction of sp³-hybridized carbons (Fsp3) is 0.923. The van der Waals surface area contributed by atoms with Crippen LogP contribution < -0.4 is 5.73 Å². The highest BCUT2D eigenvalue weighted by molar-refractivity contribution is 5.79. The number of carbonyl (C=O) groups excluding carboxylic acids is 2. The Hall–Kier alpha value is -0.900. The molecule has 30 heavy (non-hydrogen) atoms. The van der Waals surface area contributed by atoms with E-state index in [2.05, 4.69) is 13.8 Å². The van der Waals surface area contributed by atoms with Crippen molar-refractivity contribution in [1.29, 1.82) is 0 Å². The van der Waals surface area contributed by atoms with Crippen molar-refractivity contribution in [3.8, 4) is 0 Å². The quantitative estimate of drug-likeness (QED) is 0.644. The number of rotatable bonds is 4. The minimum atomic E-state index is -0.512. The van der Waals surface area contributed by atoms with Crippen LogP contribution in [0.25, 0.3) is 0 Å². The van der Waals surface area contributed by atoms with Crippen LogP contribution in [-0.2, 0) is 14.3 Å². The maximum Gasteiger partial charge on any atom is 0.323 e. The van der Waals surface area contributed by atoms with Gasteiger partial charge in [-0.2, -0.15) is 0 Å². The average Bonchev–Trinajstić information content (AvgIpc) is 3.05. The smallest absolute Gasteiger partial charge is 0.323 e. The summed E-state index contributed by atoms with van der Waals surface area (Å²) in [6, 6.07) is -0.512. The Morgan fingerprint density at radius 1 is 0.933 bits per heavy atom. The van der Waals surface area contributed by atoms with Crippen LogP contribution in [0.5, 0.6) is 0 Å². The molecule has 4 saturated carbocycles. The van der Waals surface area contributed by atoms with E-state index in [9.17, 15) is 9.59 Å². The number of carbonyl (C=O) groups is 2. The monoisotopic (exact) mass is 417 g/mol. The molecular weight excluding hydrogens is 374 g/mol. The molecule has 0 aliphatic heterocycles. The van der Waals surface area contributed by atoms with Crippen molar-refractivity contribution in [2.24, 2.45) is 52.1 Å². The molecule has 4 aliphatic carbocycles. The first-order chi connectivity index (χ1) is 14.1. The second-order valence-corrected chi connectivity index (χ2v) is 12.0. The topological polar surface area (TPSA) is 69.4 Å². The molecule has 4 nitrogen and oxygen atoms in total.